The van der Waals surface area contributed by atoms with Gasteiger partial charge in [-0.25, -0.2) is 0 Å². The predicted octanol–water partition coefficient (Wildman–Crippen LogP) is 3.25. The lowest BCUT2D eigenvalue weighted by molar-refractivity contribution is 0.0261. The zero-order valence-corrected chi connectivity index (χ0v) is 14.0. The molecule has 5 heteroatoms. The van der Waals surface area contributed by atoms with Gasteiger partial charge in [0, 0.05) is 18.7 Å². The summed E-state index contributed by atoms with van der Waals surface area (Å²) < 4.78 is 17.8. The van der Waals surface area contributed by atoms with Crippen molar-refractivity contribution in [2.75, 3.05) is 33.9 Å². The summed E-state index contributed by atoms with van der Waals surface area (Å²) in [6.07, 6.45) is 0.0124. The molecular weight excluding hydrogens is 322 g/mol. The van der Waals surface area contributed by atoms with Crippen molar-refractivity contribution in [3.05, 3.63) is 21.7 Å². The average Bonchev–Trinajstić information content (AvgIpc) is 2.46. The lowest BCUT2D eigenvalue weighted by Crippen LogP contribution is -2.33. The fourth-order valence-electron chi connectivity index (χ4n) is 2.50. The Labute approximate surface area is 128 Å². The topological polar surface area (TPSA) is 39.7 Å². The maximum absolute atomic E-state index is 5.87. The predicted molar refractivity (Wildman–Crippen MR) is 82.9 cm³/mol. The second-order valence-electron chi connectivity index (χ2n) is 5.15. The Morgan fingerprint density at radius 3 is 2.50 bits per heavy atom. The van der Waals surface area contributed by atoms with Gasteiger partial charge in [0.05, 0.1) is 26.9 Å². The highest BCUT2D eigenvalue weighted by molar-refractivity contribution is 9.10. The van der Waals surface area contributed by atoms with Crippen molar-refractivity contribution in [1.82, 2.24) is 5.32 Å². The van der Waals surface area contributed by atoms with Crippen LogP contribution in [-0.2, 0) is 4.74 Å². The van der Waals surface area contributed by atoms with Gasteiger partial charge in [0.15, 0.2) is 0 Å². The van der Waals surface area contributed by atoms with Gasteiger partial charge in [0.2, 0.25) is 0 Å². The van der Waals surface area contributed by atoms with Gasteiger partial charge in [0.25, 0.3) is 0 Å². The Morgan fingerprint density at radius 2 is 2.00 bits per heavy atom. The summed E-state index contributed by atoms with van der Waals surface area (Å²) in [5.41, 5.74) is 2.22. The molecule has 0 saturated carbocycles. The first-order valence-electron chi connectivity index (χ1n) is 6.86. The monoisotopic (exact) mass is 343 g/mol. The maximum Gasteiger partial charge on any atom is 0.142 e. The van der Waals surface area contributed by atoms with E-state index in [1.54, 1.807) is 14.2 Å². The Hall–Kier alpha value is -0.780. The lowest BCUT2D eigenvalue weighted by atomic mass is 9.96. The molecule has 1 aliphatic rings. The van der Waals surface area contributed by atoms with E-state index in [4.69, 9.17) is 14.2 Å². The van der Waals surface area contributed by atoms with Crippen LogP contribution in [0.25, 0.3) is 0 Å². The largest absolute Gasteiger partial charge is 0.495 e. The third kappa shape index (κ3) is 2.95. The van der Waals surface area contributed by atoms with Crippen LogP contribution in [0.1, 0.15) is 37.0 Å². The van der Waals surface area contributed by atoms with E-state index in [2.05, 4.69) is 41.2 Å². The molecule has 0 spiro atoms. The van der Waals surface area contributed by atoms with Gasteiger partial charge in [-0.2, -0.15) is 0 Å². The van der Waals surface area contributed by atoms with E-state index in [1.807, 2.05) is 0 Å². The molecule has 1 aromatic rings. The van der Waals surface area contributed by atoms with E-state index >= 15 is 0 Å². The van der Waals surface area contributed by atoms with E-state index < -0.39 is 0 Å². The third-order valence-electron chi connectivity index (χ3n) is 3.54. The molecule has 1 N–H and O–H groups in total. The molecule has 0 bridgehead atoms. The van der Waals surface area contributed by atoms with Crippen molar-refractivity contribution in [2.24, 2.45) is 0 Å². The molecular formula is C15H22BrNO3. The highest BCUT2D eigenvalue weighted by atomic mass is 79.9. The summed E-state index contributed by atoms with van der Waals surface area (Å²) >= 11 is 3.61. The van der Waals surface area contributed by atoms with E-state index in [1.165, 1.54) is 0 Å². The Morgan fingerprint density at radius 1 is 1.30 bits per heavy atom. The van der Waals surface area contributed by atoms with Crippen molar-refractivity contribution in [3.8, 4) is 11.5 Å². The minimum atomic E-state index is 0.0124. The van der Waals surface area contributed by atoms with Crippen LogP contribution in [0.4, 0.5) is 0 Å². The van der Waals surface area contributed by atoms with Crippen molar-refractivity contribution in [3.63, 3.8) is 0 Å². The maximum atomic E-state index is 5.87. The molecule has 1 atom stereocenters. The number of hydrogen-bond acceptors (Lipinski definition) is 4. The molecule has 112 valence electrons. The molecule has 1 saturated heterocycles. The van der Waals surface area contributed by atoms with E-state index in [9.17, 15) is 0 Å². The van der Waals surface area contributed by atoms with Crippen molar-refractivity contribution >= 4 is 15.9 Å². The zero-order chi connectivity index (χ0) is 14.7. The van der Waals surface area contributed by atoms with Crippen LogP contribution >= 0.6 is 15.9 Å². The summed E-state index contributed by atoms with van der Waals surface area (Å²) in [7, 11) is 3.36. The van der Waals surface area contributed by atoms with Crippen LogP contribution in [0.3, 0.4) is 0 Å². The smallest absolute Gasteiger partial charge is 0.142 e. The number of methoxy groups -OCH3 is 2. The SMILES string of the molecule is COc1c(C(C)C)cc(C2CNCCO2)c(OC)c1Br. The molecule has 1 aromatic carbocycles. The van der Waals surface area contributed by atoms with Crippen LogP contribution in [0, 0.1) is 0 Å². The van der Waals surface area contributed by atoms with Crippen LogP contribution in [0.2, 0.25) is 0 Å². The molecule has 0 radical (unpaired) electrons. The van der Waals surface area contributed by atoms with Gasteiger partial charge < -0.3 is 19.5 Å². The summed E-state index contributed by atoms with van der Waals surface area (Å²) in [6, 6.07) is 2.14. The number of morpholine rings is 1. The van der Waals surface area contributed by atoms with Crippen LogP contribution in [0.5, 0.6) is 11.5 Å². The second-order valence-corrected chi connectivity index (χ2v) is 5.95. The second kappa shape index (κ2) is 6.78. The highest BCUT2D eigenvalue weighted by Crippen LogP contribution is 2.45. The number of halogens is 1. The van der Waals surface area contributed by atoms with Crippen LogP contribution < -0.4 is 14.8 Å². The Kier molecular flexibility index (Phi) is 5.29. The third-order valence-corrected chi connectivity index (χ3v) is 4.26. The Bertz CT molecular complexity index is 471. The molecule has 1 aliphatic heterocycles. The summed E-state index contributed by atoms with van der Waals surface area (Å²) in [4.78, 5) is 0. The zero-order valence-electron chi connectivity index (χ0n) is 12.5. The minimum Gasteiger partial charge on any atom is -0.495 e. The van der Waals surface area contributed by atoms with Gasteiger partial charge in [-0.1, -0.05) is 13.8 Å². The Balaban J connectivity index is 2.54. The first-order valence-corrected chi connectivity index (χ1v) is 7.66. The molecule has 0 aliphatic carbocycles. The van der Waals surface area contributed by atoms with Crippen molar-refractivity contribution < 1.29 is 14.2 Å². The lowest BCUT2D eigenvalue weighted by Gasteiger charge is -2.27. The van der Waals surface area contributed by atoms with Crippen LogP contribution in [-0.4, -0.2) is 33.9 Å². The summed E-state index contributed by atoms with van der Waals surface area (Å²) in [5.74, 6) is 1.99. The quantitative estimate of drug-likeness (QED) is 0.910. The van der Waals surface area contributed by atoms with Gasteiger partial charge in [-0.15, -0.1) is 0 Å². The van der Waals surface area contributed by atoms with E-state index in [0.29, 0.717) is 12.5 Å². The van der Waals surface area contributed by atoms with E-state index in [0.717, 1.165) is 40.2 Å². The molecule has 20 heavy (non-hydrogen) atoms. The first kappa shape index (κ1) is 15.6. The molecule has 2 rings (SSSR count). The highest BCUT2D eigenvalue weighted by Gasteiger charge is 2.26. The first-order chi connectivity index (χ1) is 9.60. The fraction of sp³-hybridized carbons (Fsp3) is 0.600. The van der Waals surface area contributed by atoms with Crippen molar-refractivity contribution in [2.45, 2.75) is 25.9 Å². The normalized spacial score (nSPS) is 19.2. The average molecular weight is 344 g/mol. The summed E-state index contributed by atoms with van der Waals surface area (Å²) in [6.45, 7) is 6.72. The van der Waals surface area contributed by atoms with E-state index in [-0.39, 0.29) is 6.10 Å². The fourth-order valence-corrected chi connectivity index (χ4v) is 3.28. The van der Waals surface area contributed by atoms with Gasteiger partial charge in [-0.3, -0.25) is 0 Å². The minimum absolute atomic E-state index is 0.0124. The van der Waals surface area contributed by atoms with Gasteiger partial charge >= 0.3 is 0 Å². The summed E-state index contributed by atoms with van der Waals surface area (Å²) in [5, 5.41) is 3.35. The van der Waals surface area contributed by atoms with Crippen molar-refractivity contribution in [1.29, 1.82) is 0 Å². The molecule has 0 aromatic heterocycles. The number of nitrogens with one attached hydrogen (secondary N) is 1. The molecule has 1 unspecified atom stereocenters. The number of hydrogen-bond donors (Lipinski definition) is 1. The molecule has 0 amide bonds. The molecule has 1 heterocycles. The number of ether oxygens (including phenoxy) is 3. The standard InChI is InChI=1S/C15H22BrNO3/c1-9(2)10-7-11(12-8-17-5-6-20-12)15(19-4)13(16)14(10)18-3/h7,9,12,17H,5-6,8H2,1-4H3. The van der Waals surface area contributed by atoms with Gasteiger partial charge in [-0.05, 0) is 33.5 Å². The van der Waals surface area contributed by atoms with Gasteiger partial charge in [0.1, 0.15) is 16.0 Å². The number of rotatable bonds is 4. The molecule has 1 fully saturated rings. The number of benzene rings is 1. The molecule has 4 nitrogen and oxygen atoms in total. The van der Waals surface area contributed by atoms with Crippen LogP contribution in [0.15, 0.2) is 10.5 Å².